The molecule has 1 heteroatoms. The predicted octanol–water partition coefficient (Wildman–Crippen LogP) is 3.99. The molecule has 2 aromatic rings. The summed E-state index contributed by atoms with van der Waals surface area (Å²) in [5.74, 6) is 0.697. The Bertz CT molecular complexity index is 573. The zero-order valence-corrected chi connectivity index (χ0v) is 11.7. The molecule has 0 heterocycles. The van der Waals surface area contributed by atoms with Gasteiger partial charge in [0.2, 0.25) is 0 Å². The number of nitrogens with one attached hydrogen (secondary N) is 1. The monoisotopic (exact) mass is 251 g/mol. The normalized spacial score (nSPS) is 18.5. The SMILES string of the molecule is Cc1ccccc1[C@@H](C)NCC1Cc2ccccc21. The van der Waals surface area contributed by atoms with Crippen molar-refractivity contribution in [3.8, 4) is 0 Å². The van der Waals surface area contributed by atoms with Crippen molar-refractivity contribution in [3.05, 3.63) is 70.8 Å². The smallest absolute Gasteiger partial charge is 0.0294 e. The minimum atomic E-state index is 0.425. The maximum absolute atomic E-state index is 3.68. The second-order valence-electron chi connectivity index (χ2n) is 5.59. The Morgan fingerprint density at radius 3 is 2.63 bits per heavy atom. The number of hydrogen-bond acceptors (Lipinski definition) is 1. The standard InChI is InChI=1S/C18H21N/c1-13-7-3-5-9-17(13)14(2)19-12-16-11-15-8-4-6-10-18(15)16/h3-10,14,16,19H,11-12H2,1-2H3/t14-,16?/m1/s1. The number of fused-ring (bicyclic) bond motifs is 1. The van der Waals surface area contributed by atoms with Gasteiger partial charge in [-0.25, -0.2) is 0 Å². The van der Waals surface area contributed by atoms with E-state index in [2.05, 4.69) is 67.7 Å². The van der Waals surface area contributed by atoms with Gasteiger partial charge in [0.15, 0.2) is 0 Å². The Hall–Kier alpha value is -1.60. The lowest BCUT2D eigenvalue weighted by Gasteiger charge is -2.31. The van der Waals surface area contributed by atoms with Gasteiger partial charge >= 0.3 is 0 Å². The number of hydrogen-bond donors (Lipinski definition) is 1. The summed E-state index contributed by atoms with van der Waals surface area (Å²) in [6.07, 6.45) is 1.23. The second-order valence-corrected chi connectivity index (χ2v) is 5.59. The topological polar surface area (TPSA) is 12.0 Å². The number of benzene rings is 2. The molecule has 0 fully saturated rings. The Kier molecular flexibility index (Phi) is 3.39. The molecule has 0 saturated carbocycles. The molecule has 0 bridgehead atoms. The summed E-state index contributed by atoms with van der Waals surface area (Å²) in [5.41, 5.74) is 5.84. The van der Waals surface area contributed by atoms with Crippen molar-refractivity contribution in [2.24, 2.45) is 0 Å². The third-order valence-corrected chi connectivity index (χ3v) is 4.29. The van der Waals surface area contributed by atoms with Crippen molar-refractivity contribution in [2.75, 3.05) is 6.54 Å². The minimum Gasteiger partial charge on any atom is -0.310 e. The van der Waals surface area contributed by atoms with Crippen molar-refractivity contribution in [1.29, 1.82) is 0 Å². The molecular weight excluding hydrogens is 230 g/mol. The van der Waals surface area contributed by atoms with Crippen LogP contribution in [0.2, 0.25) is 0 Å². The average molecular weight is 251 g/mol. The summed E-state index contributed by atoms with van der Waals surface area (Å²) >= 11 is 0. The van der Waals surface area contributed by atoms with E-state index in [9.17, 15) is 0 Å². The third kappa shape index (κ3) is 2.43. The quantitative estimate of drug-likeness (QED) is 0.866. The summed E-state index contributed by atoms with van der Waals surface area (Å²) < 4.78 is 0. The van der Waals surface area contributed by atoms with E-state index in [4.69, 9.17) is 0 Å². The van der Waals surface area contributed by atoms with E-state index in [1.54, 1.807) is 0 Å². The molecule has 1 unspecified atom stereocenters. The fourth-order valence-electron chi connectivity index (χ4n) is 3.05. The maximum Gasteiger partial charge on any atom is 0.0294 e. The van der Waals surface area contributed by atoms with Gasteiger partial charge in [-0.3, -0.25) is 0 Å². The largest absolute Gasteiger partial charge is 0.310 e. The van der Waals surface area contributed by atoms with E-state index in [1.807, 2.05) is 0 Å². The first kappa shape index (κ1) is 12.4. The van der Waals surface area contributed by atoms with E-state index < -0.39 is 0 Å². The molecule has 0 saturated heterocycles. The second kappa shape index (κ2) is 5.18. The van der Waals surface area contributed by atoms with Crippen LogP contribution in [-0.4, -0.2) is 6.54 Å². The van der Waals surface area contributed by atoms with Gasteiger partial charge in [-0.1, -0.05) is 48.5 Å². The van der Waals surface area contributed by atoms with Gasteiger partial charge in [0, 0.05) is 18.5 Å². The van der Waals surface area contributed by atoms with Gasteiger partial charge in [-0.2, -0.15) is 0 Å². The fraction of sp³-hybridized carbons (Fsp3) is 0.333. The first-order chi connectivity index (χ1) is 9.25. The fourth-order valence-corrected chi connectivity index (χ4v) is 3.05. The van der Waals surface area contributed by atoms with Crippen molar-refractivity contribution >= 4 is 0 Å². The molecule has 3 rings (SSSR count). The summed E-state index contributed by atoms with van der Waals surface area (Å²) in [5, 5.41) is 3.68. The van der Waals surface area contributed by atoms with Gasteiger partial charge in [-0.15, -0.1) is 0 Å². The molecular formula is C18H21N. The zero-order valence-electron chi connectivity index (χ0n) is 11.7. The average Bonchev–Trinajstić information content (AvgIpc) is 2.40. The highest BCUT2D eigenvalue weighted by molar-refractivity contribution is 5.40. The highest BCUT2D eigenvalue weighted by atomic mass is 14.9. The van der Waals surface area contributed by atoms with Crippen LogP contribution in [0.4, 0.5) is 0 Å². The molecule has 0 amide bonds. The van der Waals surface area contributed by atoms with Crippen LogP contribution in [0.1, 0.15) is 41.1 Å². The lowest BCUT2D eigenvalue weighted by Crippen LogP contribution is -2.31. The minimum absolute atomic E-state index is 0.425. The summed E-state index contributed by atoms with van der Waals surface area (Å²) in [7, 11) is 0. The van der Waals surface area contributed by atoms with E-state index in [1.165, 1.54) is 28.7 Å². The molecule has 0 radical (unpaired) electrons. The van der Waals surface area contributed by atoms with E-state index in [0.717, 1.165) is 6.54 Å². The van der Waals surface area contributed by atoms with Gasteiger partial charge in [-0.05, 0) is 42.5 Å². The molecule has 1 N–H and O–H groups in total. The Morgan fingerprint density at radius 1 is 1.11 bits per heavy atom. The van der Waals surface area contributed by atoms with Gasteiger partial charge in [0.05, 0.1) is 0 Å². The van der Waals surface area contributed by atoms with Crippen molar-refractivity contribution < 1.29 is 0 Å². The van der Waals surface area contributed by atoms with Crippen LogP contribution in [0.15, 0.2) is 48.5 Å². The molecule has 98 valence electrons. The molecule has 0 aliphatic heterocycles. The molecule has 1 nitrogen and oxygen atoms in total. The molecule has 0 spiro atoms. The number of aryl methyl sites for hydroxylation is 1. The highest BCUT2D eigenvalue weighted by Gasteiger charge is 2.25. The van der Waals surface area contributed by atoms with Crippen LogP contribution in [0.3, 0.4) is 0 Å². The zero-order chi connectivity index (χ0) is 13.2. The van der Waals surface area contributed by atoms with Crippen molar-refractivity contribution in [1.82, 2.24) is 5.32 Å². The molecule has 2 aromatic carbocycles. The lowest BCUT2D eigenvalue weighted by molar-refractivity contribution is 0.488. The van der Waals surface area contributed by atoms with Crippen LogP contribution in [0.5, 0.6) is 0 Å². The van der Waals surface area contributed by atoms with Gasteiger partial charge in [0.25, 0.3) is 0 Å². The Balaban J connectivity index is 1.61. The molecule has 0 aromatic heterocycles. The Morgan fingerprint density at radius 2 is 1.84 bits per heavy atom. The Labute approximate surface area is 115 Å². The van der Waals surface area contributed by atoms with Crippen LogP contribution in [0.25, 0.3) is 0 Å². The molecule has 2 atom stereocenters. The summed E-state index contributed by atoms with van der Waals surface area (Å²) in [6, 6.07) is 17.9. The third-order valence-electron chi connectivity index (χ3n) is 4.29. The van der Waals surface area contributed by atoms with Crippen LogP contribution >= 0.6 is 0 Å². The summed E-state index contributed by atoms with van der Waals surface area (Å²) in [6.45, 7) is 5.52. The van der Waals surface area contributed by atoms with Crippen LogP contribution in [0, 0.1) is 6.92 Å². The number of rotatable bonds is 4. The van der Waals surface area contributed by atoms with E-state index >= 15 is 0 Å². The van der Waals surface area contributed by atoms with Crippen molar-refractivity contribution in [2.45, 2.75) is 32.2 Å². The van der Waals surface area contributed by atoms with E-state index in [-0.39, 0.29) is 0 Å². The molecule has 1 aliphatic rings. The predicted molar refractivity (Wildman–Crippen MR) is 80.5 cm³/mol. The lowest BCUT2D eigenvalue weighted by atomic mass is 9.77. The van der Waals surface area contributed by atoms with Crippen LogP contribution < -0.4 is 5.32 Å². The molecule has 19 heavy (non-hydrogen) atoms. The van der Waals surface area contributed by atoms with Gasteiger partial charge < -0.3 is 5.32 Å². The van der Waals surface area contributed by atoms with Crippen molar-refractivity contribution in [3.63, 3.8) is 0 Å². The van der Waals surface area contributed by atoms with Crippen LogP contribution in [-0.2, 0) is 6.42 Å². The van der Waals surface area contributed by atoms with Gasteiger partial charge in [0.1, 0.15) is 0 Å². The first-order valence-corrected chi connectivity index (χ1v) is 7.12. The maximum atomic E-state index is 3.68. The first-order valence-electron chi connectivity index (χ1n) is 7.12. The highest BCUT2D eigenvalue weighted by Crippen LogP contribution is 2.34. The molecule has 1 aliphatic carbocycles. The van der Waals surface area contributed by atoms with E-state index in [0.29, 0.717) is 12.0 Å². The summed E-state index contributed by atoms with van der Waals surface area (Å²) in [4.78, 5) is 0.